The summed E-state index contributed by atoms with van der Waals surface area (Å²) in [7, 11) is 0. The van der Waals surface area contributed by atoms with Crippen LogP contribution in [0.4, 0.5) is 0 Å². The summed E-state index contributed by atoms with van der Waals surface area (Å²) in [6.07, 6.45) is 4.83. The minimum atomic E-state index is -0.364. The van der Waals surface area contributed by atoms with Crippen molar-refractivity contribution in [1.29, 1.82) is 0 Å². The summed E-state index contributed by atoms with van der Waals surface area (Å²) in [6.45, 7) is 10.6. The number of phenolic OH excluding ortho intramolecular Hbond substituents is 2. The quantitative estimate of drug-likeness (QED) is 0.140. The molecule has 1 aromatic heterocycles. The number of amides is 1. The molecular formula is C34H45N3O7. The van der Waals surface area contributed by atoms with E-state index >= 15 is 0 Å². The van der Waals surface area contributed by atoms with E-state index in [9.17, 15) is 19.8 Å². The maximum atomic E-state index is 13.4. The van der Waals surface area contributed by atoms with Crippen molar-refractivity contribution >= 4 is 11.9 Å². The molecule has 1 fully saturated rings. The fourth-order valence-corrected chi connectivity index (χ4v) is 5.37. The van der Waals surface area contributed by atoms with Crippen LogP contribution < -0.4 is 5.32 Å². The van der Waals surface area contributed by atoms with Gasteiger partial charge in [0.1, 0.15) is 11.5 Å². The maximum Gasteiger partial charge on any atom is 0.305 e. The normalized spacial score (nSPS) is 13.7. The van der Waals surface area contributed by atoms with Gasteiger partial charge in [-0.1, -0.05) is 62.5 Å². The molecule has 3 N–H and O–H groups in total. The third-order valence-corrected chi connectivity index (χ3v) is 7.82. The maximum absolute atomic E-state index is 13.4. The third kappa shape index (κ3) is 8.83. The van der Waals surface area contributed by atoms with Gasteiger partial charge < -0.3 is 29.5 Å². The lowest BCUT2D eigenvalue weighted by Gasteiger charge is -2.26. The van der Waals surface area contributed by atoms with Crippen molar-refractivity contribution in [2.75, 3.05) is 39.5 Å². The van der Waals surface area contributed by atoms with Gasteiger partial charge in [-0.2, -0.15) is 0 Å². The summed E-state index contributed by atoms with van der Waals surface area (Å²) >= 11 is 0. The van der Waals surface area contributed by atoms with Gasteiger partial charge in [-0.25, -0.2) is 0 Å². The summed E-state index contributed by atoms with van der Waals surface area (Å²) in [4.78, 5) is 27.2. The summed E-state index contributed by atoms with van der Waals surface area (Å²) in [6, 6.07) is 10.9. The number of aromatic nitrogens is 1. The SMILES string of the molecule is CCOC(=O)CCCCCCCNC(=O)c1noc(-c2cc(C(C)C)c(O)cc2O)c1-c1ccc(CN2CCOCC2)cc1. The van der Waals surface area contributed by atoms with Gasteiger partial charge in [-0.3, -0.25) is 14.5 Å². The average molecular weight is 608 g/mol. The lowest BCUT2D eigenvalue weighted by Crippen LogP contribution is -2.35. The molecule has 0 aliphatic carbocycles. The van der Waals surface area contributed by atoms with E-state index in [1.165, 1.54) is 6.07 Å². The van der Waals surface area contributed by atoms with Crippen LogP contribution in [0.2, 0.25) is 0 Å². The first-order valence-electron chi connectivity index (χ1n) is 15.7. The predicted octanol–water partition coefficient (Wildman–Crippen LogP) is 6.01. The summed E-state index contributed by atoms with van der Waals surface area (Å²) in [5, 5.41) is 28.4. The molecule has 0 radical (unpaired) electrons. The van der Waals surface area contributed by atoms with Crippen LogP contribution in [-0.2, 0) is 20.8 Å². The van der Waals surface area contributed by atoms with Crippen LogP contribution in [0.15, 0.2) is 40.9 Å². The minimum Gasteiger partial charge on any atom is -0.508 e. The zero-order chi connectivity index (χ0) is 31.5. The number of hydrogen-bond acceptors (Lipinski definition) is 9. The van der Waals surface area contributed by atoms with Crippen molar-refractivity contribution in [3.8, 4) is 33.9 Å². The number of ether oxygens (including phenoxy) is 2. The Morgan fingerprint density at radius 3 is 2.41 bits per heavy atom. The average Bonchev–Trinajstić information content (AvgIpc) is 3.44. The number of nitrogens with zero attached hydrogens (tertiary/aromatic N) is 2. The molecule has 1 amide bonds. The van der Waals surface area contributed by atoms with Crippen LogP contribution >= 0.6 is 0 Å². The van der Waals surface area contributed by atoms with Gasteiger partial charge in [0.05, 0.1) is 30.9 Å². The van der Waals surface area contributed by atoms with Crippen molar-refractivity contribution in [3.63, 3.8) is 0 Å². The molecule has 0 bridgehead atoms. The lowest BCUT2D eigenvalue weighted by molar-refractivity contribution is -0.143. The van der Waals surface area contributed by atoms with Crippen molar-refractivity contribution in [2.45, 2.75) is 71.8 Å². The van der Waals surface area contributed by atoms with E-state index in [0.29, 0.717) is 36.3 Å². The highest BCUT2D eigenvalue weighted by atomic mass is 16.5. The molecule has 44 heavy (non-hydrogen) atoms. The number of esters is 1. The summed E-state index contributed by atoms with van der Waals surface area (Å²) in [5.74, 6) is -0.436. The van der Waals surface area contributed by atoms with Crippen molar-refractivity contribution in [3.05, 3.63) is 53.2 Å². The van der Waals surface area contributed by atoms with Crippen molar-refractivity contribution in [1.82, 2.24) is 15.4 Å². The molecule has 3 aromatic rings. The van der Waals surface area contributed by atoms with Gasteiger partial charge in [-0.15, -0.1) is 0 Å². The first-order valence-corrected chi connectivity index (χ1v) is 15.7. The van der Waals surface area contributed by atoms with Crippen LogP contribution in [0.25, 0.3) is 22.5 Å². The van der Waals surface area contributed by atoms with Crippen LogP contribution in [0.1, 0.15) is 86.8 Å². The van der Waals surface area contributed by atoms with Gasteiger partial charge in [0.15, 0.2) is 11.5 Å². The van der Waals surface area contributed by atoms with E-state index < -0.39 is 0 Å². The summed E-state index contributed by atoms with van der Waals surface area (Å²) < 4.78 is 16.2. The molecule has 1 aliphatic heterocycles. The fourth-order valence-electron chi connectivity index (χ4n) is 5.37. The van der Waals surface area contributed by atoms with E-state index in [4.69, 9.17) is 14.0 Å². The van der Waals surface area contributed by atoms with E-state index in [0.717, 1.165) is 76.1 Å². The van der Waals surface area contributed by atoms with E-state index in [-0.39, 0.29) is 40.7 Å². The Hall–Kier alpha value is -3.89. The van der Waals surface area contributed by atoms with Crippen LogP contribution in [0.3, 0.4) is 0 Å². The molecular weight excluding hydrogens is 562 g/mol. The molecule has 4 rings (SSSR count). The minimum absolute atomic E-state index is 0.00589. The first-order chi connectivity index (χ1) is 21.3. The van der Waals surface area contributed by atoms with Crippen molar-refractivity contribution in [2.24, 2.45) is 0 Å². The van der Waals surface area contributed by atoms with Gasteiger partial charge in [0.25, 0.3) is 5.91 Å². The summed E-state index contributed by atoms with van der Waals surface area (Å²) in [5.41, 5.74) is 3.49. The number of hydrogen-bond donors (Lipinski definition) is 3. The first kappa shape index (κ1) is 33.0. The Bertz CT molecular complexity index is 1380. The third-order valence-electron chi connectivity index (χ3n) is 7.82. The van der Waals surface area contributed by atoms with Gasteiger partial charge in [0.2, 0.25) is 0 Å². The number of carbonyl (C=O) groups is 2. The van der Waals surface area contributed by atoms with E-state index in [1.54, 1.807) is 13.0 Å². The predicted molar refractivity (Wildman–Crippen MR) is 168 cm³/mol. The molecule has 1 saturated heterocycles. The number of aromatic hydroxyl groups is 2. The second-order valence-corrected chi connectivity index (χ2v) is 11.5. The number of morpholine rings is 1. The topological polar surface area (TPSA) is 134 Å². The molecule has 238 valence electrons. The molecule has 0 atom stereocenters. The molecule has 10 heteroatoms. The number of carbonyl (C=O) groups excluding carboxylic acids is 2. The van der Waals surface area contributed by atoms with Crippen LogP contribution in [0, 0.1) is 0 Å². The number of phenols is 2. The zero-order valence-electron chi connectivity index (χ0n) is 26.1. The zero-order valence-corrected chi connectivity index (χ0v) is 26.1. The van der Waals surface area contributed by atoms with Crippen LogP contribution in [-0.4, -0.2) is 71.6 Å². The number of rotatable bonds is 15. The largest absolute Gasteiger partial charge is 0.508 e. The molecule has 2 aromatic carbocycles. The highest BCUT2D eigenvalue weighted by Crippen LogP contribution is 2.43. The molecule has 0 saturated carbocycles. The Morgan fingerprint density at radius 2 is 1.70 bits per heavy atom. The smallest absolute Gasteiger partial charge is 0.305 e. The second-order valence-electron chi connectivity index (χ2n) is 11.5. The fraction of sp³-hybridized carbons (Fsp3) is 0.500. The number of unbranched alkanes of at least 4 members (excludes halogenated alkanes) is 4. The highest BCUT2D eigenvalue weighted by Gasteiger charge is 2.27. The number of benzene rings is 2. The van der Waals surface area contributed by atoms with E-state index in [2.05, 4.69) is 15.4 Å². The molecule has 2 heterocycles. The Kier molecular flexibility index (Phi) is 12.2. The highest BCUT2D eigenvalue weighted by molar-refractivity contribution is 6.02. The lowest BCUT2D eigenvalue weighted by atomic mass is 9.94. The molecule has 0 unspecified atom stereocenters. The van der Waals surface area contributed by atoms with Gasteiger partial charge >= 0.3 is 5.97 Å². The van der Waals surface area contributed by atoms with Crippen LogP contribution in [0.5, 0.6) is 11.5 Å². The monoisotopic (exact) mass is 607 g/mol. The number of nitrogens with one attached hydrogen (secondary N) is 1. The van der Waals surface area contributed by atoms with Crippen molar-refractivity contribution < 1.29 is 33.8 Å². The Balaban J connectivity index is 1.50. The Morgan fingerprint density at radius 1 is 1.00 bits per heavy atom. The van der Waals surface area contributed by atoms with Gasteiger partial charge in [0, 0.05) is 38.7 Å². The Labute approximate surface area is 259 Å². The van der Waals surface area contributed by atoms with E-state index in [1.807, 2.05) is 38.1 Å². The molecule has 0 spiro atoms. The standard InChI is InChI=1S/C34H45N3O7/c1-4-43-30(40)10-8-6-5-7-9-15-35-34(41)32-31(25-13-11-24(12-14-25)22-37-16-18-42-19-17-37)33(44-36-32)27-20-26(23(2)3)28(38)21-29(27)39/h11-14,20-21,23,38-39H,4-10,15-19,22H2,1-3H3,(H,35,41). The molecule has 1 aliphatic rings. The molecule has 10 nitrogen and oxygen atoms in total. The second kappa shape index (κ2) is 16.3. The van der Waals surface area contributed by atoms with Gasteiger partial charge in [-0.05, 0) is 48.4 Å².